The van der Waals surface area contributed by atoms with E-state index in [1.807, 2.05) is 20.3 Å². The van der Waals surface area contributed by atoms with E-state index in [4.69, 9.17) is 0 Å². The monoisotopic (exact) mass is 255 g/mol. The smallest absolute Gasteiger partial charge is 0.102 e. The molecule has 0 spiro atoms. The van der Waals surface area contributed by atoms with E-state index in [1.165, 1.54) is 16.5 Å². The molecule has 1 N–H and O–H groups in total. The van der Waals surface area contributed by atoms with Crippen molar-refractivity contribution in [2.24, 2.45) is 7.05 Å². The number of nitrogens with zero attached hydrogens (tertiary/aromatic N) is 4. The van der Waals surface area contributed by atoms with Gasteiger partial charge in [-0.05, 0) is 24.1 Å². The van der Waals surface area contributed by atoms with E-state index in [0.29, 0.717) is 0 Å². The molecule has 98 valence electrons. The maximum Gasteiger partial charge on any atom is 0.102 e. The van der Waals surface area contributed by atoms with Crippen LogP contribution >= 0.6 is 0 Å². The molecular formula is C14H17N5. The molecular weight excluding hydrogens is 238 g/mol. The van der Waals surface area contributed by atoms with Crippen molar-refractivity contribution in [1.82, 2.24) is 24.9 Å². The lowest BCUT2D eigenvalue weighted by molar-refractivity contribution is 0.710. The van der Waals surface area contributed by atoms with Crippen molar-refractivity contribution >= 4 is 10.9 Å². The summed E-state index contributed by atoms with van der Waals surface area (Å²) >= 11 is 0. The number of aromatic nitrogens is 4. The molecule has 0 saturated heterocycles. The molecule has 0 amide bonds. The highest BCUT2D eigenvalue weighted by Crippen LogP contribution is 2.21. The van der Waals surface area contributed by atoms with Crippen LogP contribution in [0.5, 0.6) is 0 Å². The molecule has 2 heterocycles. The normalized spacial score (nSPS) is 11.3. The Morgan fingerprint density at radius 3 is 2.89 bits per heavy atom. The number of benzene rings is 1. The Morgan fingerprint density at radius 1 is 1.26 bits per heavy atom. The van der Waals surface area contributed by atoms with Gasteiger partial charge in [0.05, 0.1) is 12.1 Å². The summed E-state index contributed by atoms with van der Waals surface area (Å²) in [6.07, 6.45) is 4.06. The van der Waals surface area contributed by atoms with Gasteiger partial charge in [-0.1, -0.05) is 23.4 Å². The Kier molecular flexibility index (Phi) is 3.05. The molecule has 0 saturated carbocycles. The average molecular weight is 255 g/mol. The average Bonchev–Trinajstić information content (AvgIpc) is 2.98. The lowest BCUT2D eigenvalue weighted by Gasteiger charge is -2.08. The minimum Gasteiger partial charge on any atom is -0.341 e. The van der Waals surface area contributed by atoms with Crippen molar-refractivity contribution < 1.29 is 0 Å². The molecule has 0 aliphatic rings. The van der Waals surface area contributed by atoms with Crippen LogP contribution in [0, 0.1) is 0 Å². The second-order valence-corrected chi connectivity index (χ2v) is 4.71. The largest absolute Gasteiger partial charge is 0.341 e. The molecule has 5 heteroatoms. The molecule has 19 heavy (non-hydrogen) atoms. The van der Waals surface area contributed by atoms with Crippen LogP contribution in [0.25, 0.3) is 10.9 Å². The molecule has 3 rings (SSSR count). The fourth-order valence-electron chi connectivity index (χ4n) is 2.45. The maximum atomic E-state index is 4.15. The Bertz CT molecular complexity index is 695. The molecule has 0 aliphatic heterocycles. The van der Waals surface area contributed by atoms with Gasteiger partial charge in [0.25, 0.3) is 0 Å². The fourth-order valence-corrected chi connectivity index (χ4v) is 2.45. The predicted octanol–water partition coefficient (Wildman–Crippen LogP) is 1.54. The van der Waals surface area contributed by atoms with E-state index in [9.17, 15) is 0 Å². The van der Waals surface area contributed by atoms with Gasteiger partial charge in [-0.25, -0.2) is 0 Å². The molecule has 2 aromatic heterocycles. The summed E-state index contributed by atoms with van der Waals surface area (Å²) in [5.74, 6) is 0. The minimum absolute atomic E-state index is 0.748. The Morgan fingerprint density at radius 2 is 2.16 bits per heavy atom. The molecule has 0 fully saturated rings. The van der Waals surface area contributed by atoms with E-state index >= 15 is 0 Å². The highest BCUT2D eigenvalue weighted by atomic mass is 15.4. The van der Waals surface area contributed by atoms with Crippen LogP contribution in [0.3, 0.4) is 0 Å². The van der Waals surface area contributed by atoms with E-state index in [-0.39, 0.29) is 0 Å². The summed E-state index contributed by atoms with van der Waals surface area (Å²) in [5.41, 5.74) is 3.54. The number of fused-ring (bicyclic) bond motifs is 1. The quantitative estimate of drug-likeness (QED) is 0.769. The van der Waals surface area contributed by atoms with Crippen molar-refractivity contribution in [2.75, 3.05) is 7.05 Å². The summed E-state index contributed by atoms with van der Waals surface area (Å²) < 4.78 is 3.96. The van der Waals surface area contributed by atoms with Gasteiger partial charge in [0.15, 0.2) is 0 Å². The molecule has 1 aromatic carbocycles. The third-order valence-electron chi connectivity index (χ3n) is 3.22. The first-order valence-electron chi connectivity index (χ1n) is 6.34. The number of hydrogen-bond acceptors (Lipinski definition) is 3. The van der Waals surface area contributed by atoms with Gasteiger partial charge in [-0.3, -0.25) is 4.68 Å². The van der Waals surface area contributed by atoms with Gasteiger partial charge >= 0.3 is 0 Å². The van der Waals surface area contributed by atoms with Gasteiger partial charge in [0.1, 0.15) is 5.69 Å². The third-order valence-corrected chi connectivity index (χ3v) is 3.22. The second kappa shape index (κ2) is 4.85. The topological polar surface area (TPSA) is 47.7 Å². The van der Waals surface area contributed by atoms with E-state index in [0.717, 1.165) is 18.8 Å². The molecule has 0 aliphatic carbocycles. The first kappa shape index (κ1) is 11.9. The van der Waals surface area contributed by atoms with Crippen LogP contribution in [-0.2, 0) is 20.1 Å². The van der Waals surface area contributed by atoms with Crippen LogP contribution < -0.4 is 5.32 Å². The van der Waals surface area contributed by atoms with Gasteiger partial charge in [0, 0.05) is 26.0 Å². The maximum absolute atomic E-state index is 4.15. The van der Waals surface area contributed by atoms with E-state index < -0.39 is 0 Å². The summed E-state index contributed by atoms with van der Waals surface area (Å²) in [6, 6.07) is 8.54. The van der Waals surface area contributed by atoms with E-state index in [2.05, 4.69) is 50.7 Å². The number of hydrogen-bond donors (Lipinski definition) is 1. The van der Waals surface area contributed by atoms with Crippen LogP contribution in [0.1, 0.15) is 11.3 Å². The number of para-hydroxylation sites is 1. The fraction of sp³-hybridized carbons (Fsp3) is 0.286. The van der Waals surface area contributed by atoms with Gasteiger partial charge < -0.3 is 9.88 Å². The molecule has 0 bridgehead atoms. The van der Waals surface area contributed by atoms with Gasteiger partial charge in [0.2, 0.25) is 0 Å². The van der Waals surface area contributed by atoms with Crippen LogP contribution in [0.4, 0.5) is 0 Å². The van der Waals surface area contributed by atoms with Gasteiger partial charge in [-0.2, -0.15) is 0 Å². The van der Waals surface area contributed by atoms with Crippen molar-refractivity contribution in [3.63, 3.8) is 0 Å². The molecule has 5 nitrogen and oxygen atoms in total. The van der Waals surface area contributed by atoms with Crippen LogP contribution in [0.2, 0.25) is 0 Å². The summed E-state index contributed by atoms with van der Waals surface area (Å²) in [5, 5.41) is 12.6. The lowest BCUT2D eigenvalue weighted by atomic mass is 10.1. The summed E-state index contributed by atoms with van der Waals surface area (Å²) in [4.78, 5) is 0. The summed E-state index contributed by atoms with van der Waals surface area (Å²) in [6.45, 7) is 1.61. The van der Waals surface area contributed by atoms with Crippen molar-refractivity contribution in [1.29, 1.82) is 0 Å². The zero-order chi connectivity index (χ0) is 13.2. The third kappa shape index (κ3) is 2.24. The highest BCUT2D eigenvalue weighted by molar-refractivity contribution is 5.83. The van der Waals surface area contributed by atoms with Crippen molar-refractivity contribution in [2.45, 2.75) is 13.1 Å². The minimum atomic E-state index is 0.748. The Hall–Kier alpha value is -2.14. The SMILES string of the molecule is CNCc1cccc2ccn(Cc3cn(C)nn3)c12. The zero-order valence-electron chi connectivity index (χ0n) is 11.2. The highest BCUT2D eigenvalue weighted by Gasteiger charge is 2.08. The standard InChI is InChI=1S/C14H17N5/c1-15-8-12-5-3-4-11-6-7-19(14(11)12)10-13-9-18(2)17-16-13/h3-7,9,15H,8,10H2,1-2H3. The van der Waals surface area contributed by atoms with Crippen molar-refractivity contribution in [3.8, 4) is 0 Å². The van der Waals surface area contributed by atoms with Crippen LogP contribution in [-0.4, -0.2) is 26.6 Å². The predicted molar refractivity (Wildman–Crippen MR) is 74.8 cm³/mol. The number of rotatable bonds is 4. The number of aryl methyl sites for hydroxylation is 1. The second-order valence-electron chi connectivity index (χ2n) is 4.71. The molecule has 3 aromatic rings. The Balaban J connectivity index is 2.03. The van der Waals surface area contributed by atoms with Gasteiger partial charge in [-0.15, -0.1) is 5.10 Å². The molecule has 0 unspecified atom stereocenters. The lowest BCUT2D eigenvalue weighted by Crippen LogP contribution is -2.08. The van der Waals surface area contributed by atoms with Crippen molar-refractivity contribution in [3.05, 3.63) is 47.9 Å². The number of nitrogens with one attached hydrogen (secondary N) is 1. The van der Waals surface area contributed by atoms with E-state index in [1.54, 1.807) is 4.68 Å². The first-order chi connectivity index (χ1) is 9.28. The molecule has 0 atom stereocenters. The first-order valence-corrected chi connectivity index (χ1v) is 6.34. The van der Waals surface area contributed by atoms with Crippen LogP contribution in [0.15, 0.2) is 36.7 Å². The summed E-state index contributed by atoms with van der Waals surface area (Å²) in [7, 11) is 3.85. The zero-order valence-corrected chi connectivity index (χ0v) is 11.2. The molecule has 0 radical (unpaired) electrons. The Labute approximate surface area is 111 Å².